The van der Waals surface area contributed by atoms with Crippen molar-refractivity contribution in [2.24, 2.45) is 0 Å². The Morgan fingerprint density at radius 1 is 1.04 bits per heavy atom. The van der Waals surface area contributed by atoms with Gasteiger partial charge in [0.2, 0.25) is 0 Å². The average molecular weight is 350 g/mol. The summed E-state index contributed by atoms with van der Waals surface area (Å²) in [6.45, 7) is 9.25. The van der Waals surface area contributed by atoms with E-state index in [4.69, 9.17) is 4.74 Å². The number of hydrogen-bond donors (Lipinski definition) is 0. The van der Waals surface area contributed by atoms with Gasteiger partial charge in [0.15, 0.2) is 0 Å². The van der Waals surface area contributed by atoms with Crippen LogP contribution in [0.3, 0.4) is 0 Å². The standard InChI is InChI=1S/C22H26N2O2/c1-16-3-5-20(17(2)13-16)22(25)24-10-8-23(9-11-24)15-18-4-6-21-19(14-18)7-12-26-21/h3-6,13-14H,7-12,15H2,1-2H3. The quantitative estimate of drug-likeness (QED) is 0.852. The van der Waals surface area contributed by atoms with Crippen LogP contribution >= 0.6 is 0 Å². The molecule has 136 valence electrons. The van der Waals surface area contributed by atoms with E-state index in [1.807, 2.05) is 24.0 Å². The van der Waals surface area contributed by atoms with Crippen LogP contribution in [0.1, 0.15) is 32.6 Å². The van der Waals surface area contributed by atoms with Crippen molar-refractivity contribution in [3.63, 3.8) is 0 Å². The minimum Gasteiger partial charge on any atom is -0.493 e. The number of piperazine rings is 1. The van der Waals surface area contributed by atoms with E-state index < -0.39 is 0 Å². The summed E-state index contributed by atoms with van der Waals surface area (Å²) in [5.41, 5.74) is 5.76. The van der Waals surface area contributed by atoms with E-state index in [-0.39, 0.29) is 5.91 Å². The lowest BCUT2D eigenvalue weighted by atomic mass is 10.0. The second-order valence-electron chi connectivity index (χ2n) is 7.43. The van der Waals surface area contributed by atoms with E-state index in [0.29, 0.717) is 0 Å². The van der Waals surface area contributed by atoms with Crippen molar-refractivity contribution in [3.8, 4) is 5.75 Å². The lowest BCUT2D eigenvalue weighted by Gasteiger charge is -2.35. The van der Waals surface area contributed by atoms with Crippen LogP contribution in [0.15, 0.2) is 36.4 Å². The molecule has 0 N–H and O–H groups in total. The minimum absolute atomic E-state index is 0.164. The van der Waals surface area contributed by atoms with Gasteiger partial charge in [-0.1, -0.05) is 29.8 Å². The molecule has 2 aliphatic heterocycles. The molecule has 2 aliphatic rings. The summed E-state index contributed by atoms with van der Waals surface area (Å²) in [7, 11) is 0. The molecule has 0 atom stereocenters. The molecule has 4 rings (SSSR count). The maximum Gasteiger partial charge on any atom is 0.254 e. The number of rotatable bonds is 3. The molecular formula is C22H26N2O2. The van der Waals surface area contributed by atoms with E-state index in [1.54, 1.807) is 0 Å². The van der Waals surface area contributed by atoms with Crippen molar-refractivity contribution in [1.82, 2.24) is 9.80 Å². The highest BCUT2D eigenvalue weighted by atomic mass is 16.5. The normalized spacial score (nSPS) is 17.1. The average Bonchev–Trinajstić information content (AvgIpc) is 3.10. The fourth-order valence-electron chi connectivity index (χ4n) is 3.93. The third-order valence-corrected chi connectivity index (χ3v) is 5.43. The summed E-state index contributed by atoms with van der Waals surface area (Å²) >= 11 is 0. The molecule has 0 aliphatic carbocycles. The fourth-order valence-corrected chi connectivity index (χ4v) is 3.93. The number of benzene rings is 2. The first-order valence-corrected chi connectivity index (χ1v) is 9.43. The molecule has 4 nitrogen and oxygen atoms in total. The lowest BCUT2D eigenvalue weighted by molar-refractivity contribution is 0.0627. The van der Waals surface area contributed by atoms with E-state index >= 15 is 0 Å². The lowest BCUT2D eigenvalue weighted by Crippen LogP contribution is -2.48. The highest BCUT2D eigenvalue weighted by Crippen LogP contribution is 2.26. The Morgan fingerprint density at radius 2 is 1.85 bits per heavy atom. The number of nitrogens with zero attached hydrogens (tertiary/aromatic N) is 2. The zero-order valence-corrected chi connectivity index (χ0v) is 15.6. The third kappa shape index (κ3) is 3.47. The van der Waals surface area contributed by atoms with Crippen molar-refractivity contribution in [3.05, 3.63) is 64.2 Å². The van der Waals surface area contributed by atoms with Crippen LogP contribution in [0.2, 0.25) is 0 Å². The van der Waals surface area contributed by atoms with Gasteiger partial charge < -0.3 is 9.64 Å². The Bertz CT molecular complexity index is 823. The number of ether oxygens (including phenoxy) is 1. The van der Waals surface area contributed by atoms with Gasteiger partial charge in [-0.05, 0) is 42.7 Å². The van der Waals surface area contributed by atoms with Crippen LogP contribution in [-0.2, 0) is 13.0 Å². The van der Waals surface area contributed by atoms with Gasteiger partial charge in [0.25, 0.3) is 5.91 Å². The SMILES string of the molecule is Cc1ccc(C(=O)N2CCN(Cc3ccc4c(c3)CCO4)CC2)c(C)c1. The summed E-state index contributed by atoms with van der Waals surface area (Å²) < 4.78 is 5.59. The molecule has 0 saturated carbocycles. The molecule has 0 unspecified atom stereocenters. The molecule has 0 bridgehead atoms. The van der Waals surface area contributed by atoms with Gasteiger partial charge in [-0.15, -0.1) is 0 Å². The van der Waals surface area contributed by atoms with E-state index in [1.165, 1.54) is 16.7 Å². The molecule has 2 aromatic carbocycles. The number of hydrogen-bond acceptors (Lipinski definition) is 3. The second-order valence-corrected chi connectivity index (χ2v) is 7.43. The molecule has 26 heavy (non-hydrogen) atoms. The molecule has 0 spiro atoms. The molecule has 1 fully saturated rings. The van der Waals surface area contributed by atoms with Gasteiger partial charge in [-0.25, -0.2) is 0 Å². The number of aryl methyl sites for hydroxylation is 2. The molecule has 1 saturated heterocycles. The van der Waals surface area contributed by atoms with Crippen LogP contribution in [0.5, 0.6) is 5.75 Å². The largest absolute Gasteiger partial charge is 0.493 e. The fraction of sp³-hybridized carbons (Fsp3) is 0.409. The summed E-state index contributed by atoms with van der Waals surface area (Å²) in [6.07, 6.45) is 1.02. The predicted molar refractivity (Wildman–Crippen MR) is 103 cm³/mol. The molecular weight excluding hydrogens is 324 g/mol. The van der Waals surface area contributed by atoms with E-state index in [2.05, 4.69) is 36.1 Å². The first kappa shape index (κ1) is 17.1. The topological polar surface area (TPSA) is 32.8 Å². The summed E-state index contributed by atoms with van der Waals surface area (Å²) in [5.74, 6) is 1.20. The highest BCUT2D eigenvalue weighted by Gasteiger charge is 2.23. The summed E-state index contributed by atoms with van der Waals surface area (Å²) in [5, 5.41) is 0. The Morgan fingerprint density at radius 3 is 2.62 bits per heavy atom. The monoisotopic (exact) mass is 350 g/mol. The maximum atomic E-state index is 12.8. The highest BCUT2D eigenvalue weighted by molar-refractivity contribution is 5.95. The van der Waals surface area contributed by atoms with Gasteiger partial charge in [0.1, 0.15) is 5.75 Å². The van der Waals surface area contributed by atoms with Crippen molar-refractivity contribution in [2.45, 2.75) is 26.8 Å². The van der Waals surface area contributed by atoms with Crippen molar-refractivity contribution >= 4 is 5.91 Å². The van der Waals surface area contributed by atoms with Gasteiger partial charge in [-0.2, -0.15) is 0 Å². The Balaban J connectivity index is 1.36. The second kappa shape index (κ2) is 7.12. The zero-order chi connectivity index (χ0) is 18.1. The van der Waals surface area contributed by atoms with Gasteiger partial charge in [0.05, 0.1) is 6.61 Å². The van der Waals surface area contributed by atoms with Crippen LogP contribution < -0.4 is 4.74 Å². The van der Waals surface area contributed by atoms with Crippen molar-refractivity contribution in [2.75, 3.05) is 32.8 Å². The maximum absolute atomic E-state index is 12.8. The molecule has 1 amide bonds. The number of carbonyl (C=O) groups is 1. The van der Waals surface area contributed by atoms with Crippen molar-refractivity contribution < 1.29 is 9.53 Å². The van der Waals surface area contributed by atoms with Gasteiger partial charge in [-0.3, -0.25) is 9.69 Å². The molecule has 0 radical (unpaired) electrons. The Labute approximate surface area is 155 Å². The van der Waals surface area contributed by atoms with Crippen LogP contribution in [0.4, 0.5) is 0 Å². The first-order valence-electron chi connectivity index (χ1n) is 9.43. The minimum atomic E-state index is 0.164. The van der Waals surface area contributed by atoms with Crippen LogP contribution in [-0.4, -0.2) is 48.5 Å². The summed E-state index contributed by atoms with van der Waals surface area (Å²) in [6, 6.07) is 12.6. The van der Waals surface area contributed by atoms with Crippen molar-refractivity contribution in [1.29, 1.82) is 0 Å². The number of amides is 1. The third-order valence-electron chi connectivity index (χ3n) is 5.43. The molecule has 2 heterocycles. The van der Waals surface area contributed by atoms with E-state index in [0.717, 1.165) is 62.6 Å². The first-order chi connectivity index (χ1) is 12.6. The Hall–Kier alpha value is -2.33. The molecule has 2 aromatic rings. The Kier molecular flexibility index (Phi) is 4.68. The van der Waals surface area contributed by atoms with Crippen LogP contribution in [0.25, 0.3) is 0 Å². The van der Waals surface area contributed by atoms with E-state index in [9.17, 15) is 4.79 Å². The smallest absolute Gasteiger partial charge is 0.254 e. The van der Waals surface area contributed by atoms with Crippen LogP contribution in [0, 0.1) is 13.8 Å². The zero-order valence-electron chi connectivity index (χ0n) is 15.6. The number of carbonyl (C=O) groups excluding carboxylic acids is 1. The predicted octanol–water partition coefficient (Wildman–Crippen LogP) is 3.20. The van der Waals surface area contributed by atoms with Gasteiger partial charge >= 0.3 is 0 Å². The van der Waals surface area contributed by atoms with Gasteiger partial charge in [0, 0.05) is 44.7 Å². The summed E-state index contributed by atoms with van der Waals surface area (Å²) in [4.78, 5) is 17.2. The molecule has 4 heteroatoms. The molecule has 0 aromatic heterocycles. The number of fused-ring (bicyclic) bond motifs is 1.